The molecule has 1 unspecified atom stereocenters. The van der Waals surface area contributed by atoms with Crippen molar-refractivity contribution >= 4 is 10.2 Å². The molecular weight excluding hydrogens is 266 g/mol. The Bertz CT molecular complexity index is 335. The van der Waals surface area contributed by atoms with Crippen molar-refractivity contribution in [3.8, 4) is 0 Å². The van der Waals surface area contributed by atoms with Crippen molar-refractivity contribution in [2.75, 3.05) is 39.4 Å². The smallest absolute Gasteiger partial charge is 0.279 e. The number of unbranched alkanes of at least 4 members (excludes halogenated alkanes) is 1. The largest absolute Gasteiger partial charge is 0.380 e. The first-order valence-electron chi connectivity index (χ1n) is 7.12. The van der Waals surface area contributed by atoms with Crippen LogP contribution in [0.3, 0.4) is 0 Å². The number of rotatable bonds is 9. The first-order valence-corrected chi connectivity index (χ1v) is 8.56. The molecule has 0 aromatic heterocycles. The molecule has 1 saturated heterocycles. The summed E-state index contributed by atoms with van der Waals surface area (Å²) >= 11 is 0. The van der Waals surface area contributed by atoms with Gasteiger partial charge < -0.3 is 10.5 Å². The van der Waals surface area contributed by atoms with Gasteiger partial charge in [-0.25, -0.2) is 0 Å². The lowest BCUT2D eigenvalue weighted by atomic mass is 10.0. The van der Waals surface area contributed by atoms with Crippen molar-refractivity contribution in [2.45, 2.75) is 32.6 Å². The Morgan fingerprint density at radius 1 is 1.42 bits per heavy atom. The van der Waals surface area contributed by atoms with Crippen molar-refractivity contribution in [2.24, 2.45) is 11.7 Å². The predicted octanol–water partition coefficient (Wildman–Crippen LogP) is 0.308. The van der Waals surface area contributed by atoms with Gasteiger partial charge in [-0.15, -0.1) is 0 Å². The van der Waals surface area contributed by atoms with Crippen LogP contribution in [-0.4, -0.2) is 52.1 Å². The molecule has 0 bridgehead atoms. The molecule has 1 aliphatic heterocycles. The molecule has 1 fully saturated rings. The summed E-state index contributed by atoms with van der Waals surface area (Å²) in [4.78, 5) is 0. The van der Waals surface area contributed by atoms with Crippen molar-refractivity contribution in [1.29, 1.82) is 0 Å². The van der Waals surface area contributed by atoms with Gasteiger partial charge in [-0.3, -0.25) is 0 Å². The van der Waals surface area contributed by atoms with E-state index in [9.17, 15) is 8.42 Å². The third kappa shape index (κ3) is 6.18. The molecule has 3 N–H and O–H groups in total. The van der Waals surface area contributed by atoms with E-state index in [1.165, 1.54) is 4.31 Å². The molecule has 0 aromatic carbocycles. The van der Waals surface area contributed by atoms with Gasteiger partial charge in [0.15, 0.2) is 0 Å². The number of nitrogens with two attached hydrogens (primary N) is 1. The Kier molecular flexibility index (Phi) is 7.86. The van der Waals surface area contributed by atoms with Crippen LogP contribution in [0, 0.1) is 5.92 Å². The van der Waals surface area contributed by atoms with Crippen molar-refractivity contribution in [3.63, 3.8) is 0 Å². The van der Waals surface area contributed by atoms with Gasteiger partial charge in [0, 0.05) is 26.2 Å². The van der Waals surface area contributed by atoms with Crippen molar-refractivity contribution in [1.82, 2.24) is 9.03 Å². The summed E-state index contributed by atoms with van der Waals surface area (Å²) in [5.41, 5.74) is 5.61. The molecule has 19 heavy (non-hydrogen) atoms. The molecular formula is C12H27N3O3S. The summed E-state index contributed by atoms with van der Waals surface area (Å²) < 4.78 is 33.5. The third-order valence-electron chi connectivity index (χ3n) is 3.33. The second-order valence-corrected chi connectivity index (χ2v) is 6.72. The fourth-order valence-corrected chi connectivity index (χ4v) is 3.42. The minimum atomic E-state index is -3.37. The highest BCUT2D eigenvalue weighted by molar-refractivity contribution is 7.87. The summed E-state index contributed by atoms with van der Waals surface area (Å²) in [6, 6.07) is 0. The van der Waals surface area contributed by atoms with Crippen LogP contribution in [0.5, 0.6) is 0 Å². The molecule has 0 aromatic rings. The number of hydrogen-bond donors (Lipinski definition) is 2. The highest BCUT2D eigenvalue weighted by Gasteiger charge is 2.27. The van der Waals surface area contributed by atoms with E-state index in [0.29, 0.717) is 39.4 Å². The maximum absolute atomic E-state index is 12.1. The molecule has 0 radical (unpaired) electrons. The van der Waals surface area contributed by atoms with Gasteiger partial charge in [-0.05, 0) is 31.7 Å². The maximum Gasteiger partial charge on any atom is 0.279 e. The van der Waals surface area contributed by atoms with E-state index < -0.39 is 10.2 Å². The highest BCUT2D eigenvalue weighted by Crippen LogP contribution is 2.17. The topological polar surface area (TPSA) is 84.7 Å². The van der Waals surface area contributed by atoms with E-state index in [-0.39, 0.29) is 5.92 Å². The van der Waals surface area contributed by atoms with Crippen LogP contribution < -0.4 is 10.5 Å². The zero-order valence-corrected chi connectivity index (χ0v) is 12.6. The fraction of sp³-hybridized carbons (Fsp3) is 1.00. The molecule has 7 heteroatoms. The summed E-state index contributed by atoms with van der Waals surface area (Å²) in [5, 5.41) is 0. The minimum absolute atomic E-state index is 0.283. The van der Waals surface area contributed by atoms with Crippen LogP contribution in [0.25, 0.3) is 0 Å². The maximum atomic E-state index is 12.1. The Labute approximate surface area is 116 Å². The van der Waals surface area contributed by atoms with Gasteiger partial charge in [-0.2, -0.15) is 17.4 Å². The molecule has 1 heterocycles. The summed E-state index contributed by atoms with van der Waals surface area (Å²) in [7, 11) is -3.37. The third-order valence-corrected chi connectivity index (χ3v) is 4.91. The van der Waals surface area contributed by atoms with Gasteiger partial charge in [0.25, 0.3) is 10.2 Å². The van der Waals surface area contributed by atoms with Crippen molar-refractivity contribution < 1.29 is 13.2 Å². The summed E-state index contributed by atoms with van der Waals surface area (Å²) in [6.07, 6.45) is 4.00. The monoisotopic (exact) mass is 293 g/mol. The van der Waals surface area contributed by atoms with Gasteiger partial charge in [0.1, 0.15) is 0 Å². The van der Waals surface area contributed by atoms with E-state index in [2.05, 4.69) is 11.6 Å². The number of ether oxygens (including phenoxy) is 1. The average Bonchev–Trinajstić information content (AvgIpc) is 2.43. The van der Waals surface area contributed by atoms with Crippen molar-refractivity contribution in [3.05, 3.63) is 0 Å². The van der Waals surface area contributed by atoms with Crippen LogP contribution in [0.15, 0.2) is 0 Å². The Balaban J connectivity index is 2.26. The van der Waals surface area contributed by atoms with Gasteiger partial charge in [-0.1, -0.05) is 13.3 Å². The SMILES string of the molecule is CCCCOCCNS(=O)(=O)N1CCCC(CN)C1. The van der Waals surface area contributed by atoms with Crippen LogP contribution in [-0.2, 0) is 14.9 Å². The number of piperidine rings is 1. The first kappa shape index (κ1) is 16.8. The zero-order chi connectivity index (χ0) is 14.1. The molecule has 1 rings (SSSR count). The molecule has 1 atom stereocenters. The lowest BCUT2D eigenvalue weighted by molar-refractivity contribution is 0.136. The normalized spacial score (nSPS) is 21.7. The first-order chi connectivity index (χ1) is 9.10. The highest BCUT2D eigenvalue weighted by atomic mass is 32.2. The van der Waals surface area contributed by atoms with E-state index >= 15 is 0 Å². The van der Waals surface area contributed by atoms with Crippen LogP contribution in [0.1, 0.15) is 32.6 Å². The van der Waals surface area contributed by atoms with E-state index in [0.717, 1.165) is 25.7 Å². The lowest BCUT2D eigenvalue weighted by Crippen LogP contribution is -2.47. The Morgan fingerprint density at radius 2 is 2.21 bits per heavy atom. The quantitative estimate of drug-likeness (QED) is 0.599. The number of nitrogens with one attached hydrogen (secondary N) is 1. The molecule has 0 aliphatic carbocycles. The van der Waals surface area contributed by atoms with E-state index in [1.807, 2.05) is 0 Å². The van der Waals surface area contributed by atoms with Crippen LogP contribution in [0.2, 0.25) is 0 Å². The van der Waals surface area contributed by atoms with Crippen LogP contribution in [0.4, 0.5) is 0 Å². The molecule has 0 saturated carbocycles. The average molecular weight is 293 g/mol. The fourth-order valence-electron chi connectivity index (χ4n) is 2.12. The number of nitrogens with zero attached hydrogens (tertiary/aromatic N) is 1. The molecule has 1 aliphatic rings. The second-order valence-electron chi connectivity index (χ2n) is 4.97. The second kappa shape index (κ2) is 8.86. The molecule has 0 amide bonds. The van der Waals surface area contributed by atoms with E-state index in [1.54, 1.807) is 0 Å². The predicted molar refractivity (Wildman–Crippen MR) is 76.0 cm³/mol. The van der Waals surface area contributed by atoms with Gasteiger partial charge in [0.05, 0.1) is 6.61 Å². The standard InChI is InChI=1S/C12H27N3O3S/c1-2-3-8-18-9-6-14-19(16,17)15-7-4-5-12(10-13)11-15/h12,14H,2-11,13H2,1H3. The van der Waals surface area contributed by atoms with Gasteiger partial charge in [0.2, 0.25) is 0 Å². The molecule has 114 valence electrons. The van der Waals surface area contributed by atoms with Gasteiger partial charge >= 0.3 is 0 Å². The summed E-state index contributed by atoms with van der Waals surface area (Å²) in [6.45, 7) is 5.20. The lowest BCUT2D eigenvalue weighted by Gasteiger charge is -2.31. The van der Waals surface area contributed by atoms with E-state index in [4.69, 9.17) is 10.5 Å². The minimum Gasteiger partial charge on any atom is -0.380 e. The molecule has 0 spiro atoms. The zero-order valence-electron chi connectivity index (χ0n) is 11.8. The van der Waals surface area contributed by atoms with Crippen LogP contribution >= 0.6 is 0 Å². The number of hydrogen-bond acceptors (Lipinski definition) is 4. The Hall–Kier alpha value is -0.210. The molecule has 6 nitrogen and oxygen atoms in total. The summed E-state index contributed by atoms with van der Waals surface area (Å²) in [5.74, 6) is 0.283. The Morgan fingerprint density at radius 3 is 2.89 bits per heavy atom.